The van der Waals surface area contributed by atoms with E-state index in [9.17, 15) is 15.3 Å². The van der Waals surface area contributed by atoms with Gasteiger partial charge < -0.3 is 25.2 Å². The number of phenols is 1. The van der Waals surface area contributed by atoms with Crippen LogP contribution in [-0.4, -0.2) is 45.3 Å². The molecule has 3 unspecified atom stereocenters. The summed E-state index contributed by atoms with van der Waals surface area (Å²) in [5.74, 6) is 0.0684. The van der Waals surface area contributed by atoms with Crippen LogP contribution in [-0.2, 0) is 4.74 Å². The standard InChI is InChI=1S/C12H16O5/c13-6-9-5-10(15)11(16)12(17-9)7-2-1-3-8(14)4-7/h1-4,9-16H,5-6H2/t9?,10?,11?,12-/m1/s1. The normalized spacial score (nSPS) is 33.6. The van der Waals surface area contributed by atoms with E-state index in [0.717, 1.165) is 0 Å². The van der Waals surface area contributed by atoms with Crippen LogP contribution in [0.1, 0.15) is 18.1 Å². The SMILES string of the molecule is OCC1CC(O)C(O)[C@@H](c2cccc(O)c2)O1. The second-order valence-electron chi connectivity index (χ2n) is 4.25. The van der Waals surface area contributed by atoms with E-state index in [2.05, 4.69) is 0 Å². The van der Waals surface area contributed by atoms with Gasteiger partial charge in [-0.2, -0.15) is 0 Å². The summed E-state index contributed by atoms with van der Waals surface area (Å²) < 4.78 is 5.49. The van der Waals surface area contributed by atoms with Crippen LogP contribution >= 0.6 is 0 Å². The first-order valence-corrected chi connectivity index (χ1v) is 5.53. The van der Waals surface area contributed by atoms with Crippen LogP contribution in [0.2, 0.25) is 0 Å². The van der Waals surface area contributed by atoms with Crippen LogP contribution in [0.15, 0.2) is 24.3 Å². The van der Waals surface area contributed by atoms with Crippen molar-refractivity contribution in [2.45, 2.75) is 30.8 Å². The molecule has 1 aromatic carbocycles. The first-order valence-electron chi connectivity index (χ1n) is 5.53. The van der Waals surface area contributed by atoms with E-state index in [1.54, 1.807) is 12.1 Å². The highest BCUT2D eigenvalue weighted by molar-refractivity contribution is 5.29. The monoisotopic (exact) mass is 240 g/mol. The molecule has 1 aliphatic heterocycles. The van der Waals surface area contributed by atoms with Crippen LogP contribution in [0.25, 0.3) is 0 Å². The zero-order valence-corrected chi connectivity index (χ0v) is 9.23. The molecule has 0 aliphatic carbocycles. The molecule has 1 aliphatic rings. The maximum atomic E-state index is 9.86. The van der Waals surface area contributed by atoms with Crippen molar-refractivity contribution in [2.24, 2.45) is 0 Å². The summed E-state index contributed by atoms with van der Waals surface area (Å²) in [6.45, 7) is -0.209. The average molecular weight is 240 g/mol. The highest BCUT2D eigenvalue weighted by Crippen LogP contribution is 2.32. The van der Waals surface area contributed by atoms with Gasteiger partial charge in [-0.15, -0.1) is 0 Å². The number of aliphatic hydroxyl groups excluding tert-OH is 3. The summed E-state index contributed by atoms with van der Waals surface area (Å²) >= 11 is 0. The van der Waals surface area contributed by atoms with Crippen molar-refractivity contribution < 1.29 is 25.2 Å². The molecule has 1 aromatic rings. The number of phenolic OH excluding ortho intramolecular Hbond substituents is 1. The van der Waals surface area contributed by atoms with Crippen molar-refractivity contribution in [3.8, 4) is 5.75 Å². The maximum Gasteiger partial charge on any atom is 0.115 e. The quantitative estimate of drug-likeness (QED) is 0.581. The molecule has 1 heterocycles. The Morgan fingerprint density at radius 1 is 1.29 bits per heavy atom. The highest BCUT2D eigenvalue weighted by atomic mass is 16.5. The fraction of sp³-hybridized carbons (Fsp3) is 0.500. The van der Waals surface area contributed by atoms with Crippen molar-refractivity contribution in [2.75, 3.05) is 6.61 Å². The van der Waals surface area contributed by atoms with Gasteiger partial charge in [0, 0.05) is 6.42 Å². The lowest BCUT2D eigenvalue weighted by Gasteiger charge is -2.36. The van der Waals surface area contributed by atoms with Gasteiger partial charge >= 0.3 is 0 Å². The molecule has 5 heteroatoms. The first-order chi connectivity index (χ1) is 8.11. The summed E-state index contributed by atoms with van der Waals surface area (Å²) in [4.78, 5) is 0. The summed E-state index contributed by atoms with van der Waals surface area (Å²) in [6.07, 6.45) is -3.02. The predicted octanol–water partition coefficient (Wildman–Crippen LogP) is -0.0637. The number of rotatable bonds is 2. The summed E-state index contributed by atoms with van der Waals surface area (Å²) in [7, 11) is 0. The molecule has 0 radical (unpaired) electrons. The van der Waals surface area contributed by atoms with Crippen molar-refractivity contribution in [3.05, 3.63) is 29.8 Å². The Labute approximate surface area is 98.9 Å². The number of hydrogen-bond acceptors (Lipinski definition) is 5. The predicted molar refractivity (Wildman–Crippen MR) is 59.4 cm³/mol. The number of aromatic hydroxyl groups is 1. The third-order valence-electron chi connectivity index (χ3n) is 2.95. The molecular formula is C12H16O5. The molecule has 0 saturated carbocycles. The van der Waals surface area contributed by atoms with Crippen LogP contribution in [0.5, 0.6) is 5.75 Å². The molecule has 0 aromatic heterocycles. The second-order valence-corrected chi connectivity index (χ2v) is 4.25. The van der Waals surface area contributed by atoms with Crippen LogP contribution in [0.4, 0.5) is 0 Å². The van der Waals surface area contributed by atoms with Gasteiger partial charge in [0.2, 0.25) is 0 Å². The number of aliphatic hydroxyl groups is 3. The Morgan fingerprint density at radius 2 is 2.06 bits per heavy atom. The van der Waals surface area contributed by atoms with Crippen molar-refractivity contribution >= 4 is 0 Å². The van der Waals surface area contributed by atoms with Crippen molar-refractivity contribution in [3.63, 3.8) is 0 Å². The van der Waals surface area contributed by atoms with E-state index in [1.165, 1.54) is 12.1 Å². The van der Waals surface area contributed by atoms with Crippen molar-refractivity contribution in [1.29, 1.82) is 0 Å². The van der Waals surface area contributed by atoms with E-state index >= 15 is 0 Å². The van der Waals surface area contributed by atoms with E-state index in [-0.39, 0.29) is 18.8 Å². The van der Waals surface area contributed by atoms with E-state index in [1.807, 2.05) is 0 Å². The molecule has 0 bridgehead atoms. The smallest absolute Gasteiger partial charge is 0.115 e. The summed E-state index contributed by atoms with van der Waals surface area (Å²) in [5, 5.41) is 38.0. The molecule has 2 rings (SSSR count). The third kappa shape index (κ3) is 2.58. The van der Waals surface area contributed by atoms with Gasteiger partial charge in [-0.3, -0.25) is 0 Å². The van der Waals surface area contributed by atoms with Crippen molar-refractivity contribution in [1.82, 2.24) is 0 Å². The average Bonchev–Trinajstić information content (AvgIpc) is 2.32. The fourth-order valence-corrected chi connectivity index (χ4v) is 2.05. The Hall–Kier alpha value is -1.14. The van der Waals surface area contributed by atoms with Crippen LogP contribution in [0.3, 0.4) is 0 Å². The topological polar surface area (TPSA) is 90.2 Å². The van der Waals surface area contributed by atoms with E-state index in [4.69, 9.17) is 9.84 Å². The van der Waals surface area contributed by atoms with Gasteiger partial charge in [-0.1, -0.05) is 12.1 Å². The van der Waals surface area contributed by atoms with Crippen LogP contribution < -0.4 is 0 Å². The molecule has 4 N–H and O–H groups in total. The fourth-order valence-electron chi connectivity index (χ4n) is 2.05. The minimum absolute atomic E-state index is 0.0684. The Morgan fingerprint density at radius 3 is 2.71 bits per heavy atom. The zero-order valence-electron chi connectivity index (χ0n) is 9.23. The molecule has 1 fully saturated rings. The lowest BCUT2D eigenvalue weighted by atomic mass is 9.93. The minimum Gasteiger partial charge on any atom is -0.508 e. The van der Waals surface area contributed by atoms with Gasteiger partial charge in [0.15, 0.2) is 0 Å². The Kier molecular flexibility index (Phi) is 3.63. The van der Waals surface area contributed by atoms with E-state index < -0.39 is 24.4 Å². The molecule has 0 amide bonds. The molecule has 5 nitrogen and oxygen atoms in total. The van der Waals surface area contributed by atoms with Gasteiger partial charge in [0.05, 0.1) is 18.8 Å². The molecular weight excluding hydrogens is 224 g/mol. The molecule has 1 saturated heterocycles. The summed E-state index contributed by atoms with van der Waals surface area (Å²) in [6, 6.07) is 6.31. The minimum atomic E-state index is -1.06. The lowest BCUT2D eigenvalue weighted by Crippen LogP contribution is -2.44. The second kappa shape index (κ2) is 5.01. The van der Waals surface area contributed by atoms with E-state index in [0.29, 0.717) is 5.56 Å². The molecule has 17 heavy (non-hydrogen) atoms. The van der Waals surface area contributed by atoms with Gasteiger partial charge in [0.25, 0.3) is 0 Å². The number of benzene rings is 1. The largest absolute Gasteiger partial charge is 0.508 e. The first kappa shape index (κ1) is 12.3. The van der Waals surface area contributed by atoms with Gasteiger partial charge in [0.1, 0.15) is 18.0 Å². The third-order valence-corrected chi connectivity index (χ3v) is 2.95. The number of hydrogen-bond donors (Lipinski definition) is 4. The summed E-state index contributed by atoms with van der Waals surface area (Å²) in [5.41, 5.74) is 0.578. The van der Waals surface area contributed by atoms with Gasteiger partial charge in [-0.25, -0.2) is 0 Å². The molecule has 94 valence electrons. The maximum absolute atomic E-state index is 9.86. The Bertz CT molecular complexity index is 381. The van der Waals surface area contributed by atoms with Crippen LogP contribution in [0, 0.1) is 0 Å². The zero-order chi connectivity index (χ0) is 12.4. The number of ether oxygens (including phenoxy) is 1. The van der Waals surface area contributed by atoms with Gasteiger partial charge in [-0.05, 0) is 17.7 Å². The highest BCUT2D eigenvalue weighted by Gasteiger charge is 2.37. The molecule has 4 atom stereocenters. The lowest BCUT2D eigenvalue weighted by molar-refractivity contribution is -0.179. The molecule has 0 spiro atoms. The Balaban J connectivity index is 2.23.